The third-order valence-electron chi connectivity index (χ3n) is 7.98. The van der Waals surface area contributed by atoms with Crippen molar-refractivity contribution in [3.63, 3.8) is 0 Å². The Labute approximate surface area is 278 Å². The molecule has 1 aliphatic heterocycles. The van der Waals surface area contributed by atoms with Crippen LogP contribution in [0.15, 0.2) is 46.8 Å². The van der Waals surface area contributed by atoms with Crippen LogP contribution in [0.2, 0.25) is 0 Å². The fraction of sp³-hybridized carbons (Fsp3) is 0.406. The van der Waals surface area contributed by atoms with Gasteiger partial charge in [0, 0.05) is 81.2 Å². The van der Waals surface area contributed by atoms with E-state index >= 15 is 0 Å². The number of fused-ring (bicyclic) bond motifs is 1. The lowest BCUT2D eigenvalue weighted by Crippen LogP contribution is -2.48. The van der Waals surface area contributed by atoms with Gasteiger partial charge in [0.15, 0.2) is 5.69 Å². The molecule has 1 aromatic carbocycles. The van der Waals surface area contributed by atoms with E-state index in [9.17, 15) is 27.6 Å². The Bertz CT molecular complexity index is 1850. The molecule has 1 fully saturated rings. The van der Waals surface area contributed by atoms with Crippen LogP contribution >= 0.6 is 11.3 Å². The molecular formula is C32H36F3N7O5S. The number of nitrogens with one attached hydrogen (secondary N) is 2. The number of pyridine rings is 2. The van der Waals surface area contributed by atoms with Crippen molar-refractivity contribution in [3.8, 4) is 21.7 Å². The van der Waals surface area contributed by atoms with Gasteiger partial charge in [0.1, 0.15) is 16.4 Å². The van der Waals surface area contributed by atoms with E-state index in [1.54, 1.807) is 55.0 Å². The van der Waals surface area contributed by atoms with Gasteiger partial charge in [0.2, 0.25) is 5.43 Å². The Balaban J connectivity index is 1.69. The second-order valence-electron chi connectivity index (χ2n) is 11.3. The van der Waals surface area contributed by atoms with Crippen molar-refractivity contribution in [3.05, 3.63) is 63.5 Å². The summed E-state index contributed by atoms with van der Waals surface area (Å²) in [6.45, 7) is 4.81. The number of alkyl halides is 3. The van der Waals surface area contributed by atoms with E-state index < -0.39 is 29.2 Å². The van der Waals surface area contributed by atoms with E-state index in [2.05, 4.69) is 25.5 Å². The molecule has 0 bridgehead atoms. The number of carbonyl (C=O) groups is 2. The fourth-order valence-corrected chi connectivity index (χ4v) is 6.39. The van der Waals surface area contributed by atoms with Crippen molar-refractivity contribution in [2.24, 2.45) is 0 Å². The van der Waals surface area contributed by atoms with Crippen LogP contribution in [-0.4, -0.2) is 103 Å². The van der Waals surface area contributed by atoms with Gasteiger partial charge in [0.25, 0.3) is 5.91 Å². The lowest BCUT2D eigenvalue weighted by molar-refractivity contribution is -0.140. The number of ether oxygens (including phenoxy) is 2. The molecule has 1 aliphatic rings. The number of hydrogen-bond acceptors (Lipinski definition) is 9. The first-order chi connectivity index (χ1) is 22.9. The monoisotopic (exact) mass is 687 g/mol. The van der Waals surface area contributed by atoms with Crippen molar-refractivity contribution in [1.82, 2.24) is 29.7 Å². The van der Waals surface area contributed by atoms with Crippen molar-refractivity contribution < 1.29 is 32.2 Å². The van der Waals surface area contributed by atoms with Crippen LogP contribution < -0.4 is 16.1 Å². The van der Waals surface area contributed by atoms with Crippen LogP contribution in [0.25, 0.3) is 32.6 Å². The number of aromatic nitrogens is 3. The van der Waals surface area contributed by atoms with Gasteiger partial charge < -0.3 is 29.2 Å². The largest absolute Gasteiger partial charge is 0.434 e. The number of carbonyl (C=O) groups excluding carboxylic acids is 2. The zero-order valence-electron chi connectivity index (χ0n) is 26.9. The molecule has 0 saturated carbocycles. The summed E-state index contributed by atoms with van der Waals surface area (Å²) in [5, 5.41) is 6.33. The van der Waals surface area contributed by atoms with E-state index in [1.807, 2.05) is 7.05 Å². The molecule has 4 aromatic rings. The number of piperazine rings is 1. The van der Waals surface area contributed by atoms with Gasteiger partial charge >= 0.3 is 12.2 Å². The van der Waals surface area contributed by atoms with Crippen LogP contribution in [0.5, 0.6) is 0 Å². The van der Waals surface area contributed by atoms with Gasteiger partial charge in [-0.3, -0.25) is 14.9 Å². The highest BCUT2D eigenvalue weighted by Crippen LogP contribution is 2.39. The number of benzene rings is 1. The van der Waals surface area contributed by atoms with Crippen molar-refractivity contribution in [1.29, 1.82) is 0 Å². The van der Waals surface area contributed by atoms with Gasteiger partial charge in [-0.05, 0) is 37.7 Å². The molecule has 0 unspecified atom stereocenters. The molecule has 3 amide bonds. The number of methoxy groups -OCH3 is 2. The molecule has 4 heterocycles. The number of halogens is 3. The summed E-state index contributed by atoms with van der Waals surface area (Å²) in [4.78, 5) is 52.1. The number of urea groups is 1. The Morgan fingerprint density at radius 3 is 2.40 bits per heavy atom. The quantitative estimate of drug-likeness (QED) is 0.248. The highest BCUT2D eigenvalue weighted by Gasteiger charge is 2.34. The maximum Gasteiger partial charge on any atom is 0.434 e. The minimum absolute atomic E-state index is 0.0176. The highest BCUT2D eigenvalue weighted by atomic mass is 32.1. The molecule has 12 nitrogen and oxygen atoms in total. The molecule has 48 heavy (non-hydrogen) atoms. The van der Waals surface area contributed by atoms with Gasteiger partial charge in [0.05, 0.1) is 24.8 Å². The standard InChI is InChI=1S/C32H36F3N7O5S/c1-5-36-31(45)39-27-13-21(29-38-26(18-48-29)32(33,34)35)23(14-37-27)19-6-7-25-22(12-19)28(43)24(15-42(25)20(16-46-3)17-47-4)30(44)41-10-8-40(2)9-11-41/h6-7,12-15,18,20H,5,8-11,16-17H2,1-4H3,(H2,36,37,39,45). The highest BCUT2D eigenvalue weighted by molar-refractivity contribution is 7.13. The minimum atomic E-state index is -4.66. The van der Waals surface area contributed by atoms with Crippen LogP contribution in [0.3, 0.4) is 0 Å². The summed E-state index contributed by atoms with van der Waals surface area (Å²) in [5.41, 5.74) is 0.0249. The van der Waals surface area contributed by atoms with E-state index in [0.29, 0.717) is 49.4 Å². The number of rotatable bonds is 10. The molecule has 0 spiro atoms. The predicted molar refractivity (Wildman–Crippen MR) is 176 cm³/mol. The molecule has 0 atom stereocenters. The summed E-state index contributed by atoms with van der Waals surface area (Å²) >= 11 is 0.788. The molecular weight excluding hydrogens is 651 g/mol. The summed E-state index contributed by atoms with van der Waals surface area (Å²) in [7, 11) is 5.06. The lowest BCUT2D eigenvalue weighted by atomic mass is 9.98. The first kappa shape index (κ1) is 34.9. The average Bonchev–Trinajstić information content (AvgIpc) is 3.57. The third-order valence-corrected chi connectivity index (χ3v) is 8.86. The Morgan fingerprint density at radius 1 is 1.06 bits per heavy atom. The average molecular weight is 688 g/mol. The van der Waals surface area contributed by atoms with Crippen molar-refractivity contribution in [2.45, 2.75) is 19.1 Å². The number of hydrogen-bond donors (Lipinski definition) is 2. The fourth-order valence-electron chi connectivity index (χ4n) is 5.53. The summed E-state index contributed by atoms with van der Waals surface area (Å²) in [6.07, 6.45) is -1.70. The molecule has 5 rings (SSSR count). The van der Waals surface area contributed by atoms with E-state index in [0.717, 1.165) is 16.7 Å². The first-order valence-electron chi connectivity index (χ1n) is 15.2. The molecule has 0 radical (unpaired) electrons. The molecule has 0 aliphatic carbocycles. The van der Waals surface area contributed by atoms with Crippen molar-refractivity contribution in [2.75, 3.05) is 72.5 Å². The molecule has 2 N–H and O–H groups in total. The number of nitrogens with zero attached hydrogens (tertiary/aromatic N) is 5. The van der Waals surface area contributed by atoms with Crippen LogP contribution in [0, 0.1) is 0 Å². The third kappa shape index (κ3) is 7.51. The second-order valence-corrected chi connectivity index (χ2v) is 12.2. The maximum absolute atomic E-state index is 14.1. The topological polar surface area (TPSA) is 131 Å². The zero-order valence-corrected chi connectivity index (χ0v) is 27.7. The molecule has 256 valence electrons. The number of likely N-dealkylation sites (N-methyl/N-ethyl adjacent to an activating group) is 1. The minimum Gasteiger partial charge on any atom is -0.382 e. The normalized spacial score (nSPS) is 14.1. The van der Waals surface area contributed by atoms with Gasteiger partial charge in [-0.25, -0.2) is 14.8 Å². The summed E-state index contributed by atoms with van der Waals surface area (Å²) < 4.78 is 53.3. The molecule has 1 saturated heterocycles. The smallest absolute Gasteiger partial charge is 0.382 e. The Hall–Kier alpha value is -4.38. The van der Waals surface area contributed by atoms with Gasteiger partial charge in [-0.15, -0.1) is 11.3 Å². The van der Waals surface area contributed by atoms with Crippen molar-refractivity contribution >= 4 is 40.0 Å². The van der Waals surface area contributed by atoms with E-state index in [-0.39, 0.29) is 46.6 Å². The van der Waals surface area contributed by atoms with Crippen LogP contribution in [0.1, 0.15) is 29.0 Å². The molecule has 16 heteroatoms. The lowest BCUT2D eigenvalue weighted by Gasteiger charge is -2.32. The van der Waals surface area contributed by atoms with Crippen LogP contribution in [-0.2, 0) is 15.7 Å². The first-order valence-corrected chi connectivity index (χ1v) is 16.1. The maximum atomic E-state index is 14.1. The Morgan fingerprint density at radius 2 is 1.77 bits per heavy atom. The summed E-state index contributed by atoms with van der Waals surface area (Å²) in [6, 6.07) is 5.54. The number of amides is 3. The van der Waals surface area contributed by atoms with E-state index in [4.69, 9.17) is 9.47 Å². The number of anilines is 1. The SMILES string of the molecule is CCNC(=O)Nc1cc(-c2nc(C(F)(F)F)cs2)c(-c2ccc3c(c2)c(=O)c(C(=O)N2CCN(C)CC2)cn3C(COC)COC)cn1. The summed E-state index contributed by atoms with van der Waals surface area (Å²) in [5.74, 6) is -0.304. The van der Waals surface area contributed by atoms with Crippen LogP contribution in [0.4, 0.5) is 23.8 Å². The zero-order chi connectivity index (χ0) is 34.6. The van der Waals surface area contributed by atoms with E-state index in [1.165, 1.54) is 12.3 Å². The predicted octanol–water partition coefficient (Wildman–Crippen LogP) is 4.57. The number of thiazole rings is 1. The van der Waals surface area contributed by atoms with Gasteiger partial charge in [-0.1, -0.05) is 6.07 Å². The second kappa shape index (κ2) is 14.8. The molecule has 3 aromatic heterocycles. The Kier molecular flexibility index (Phi) is 10.8. The van der Waals surface area contributed by atoms with Gasteiger partial charge in [-0.2, -0.15) is 13.2 Å².